The van der Waals surface area contributed by atoms with Gasteiger partial charge in [-0.1, -0.05) is 43.2 Å². The summed E-state index contributed by atoms with van der Waals surface area (Å²) in [7, 11) is 3.58. The molecule has 0 atom stereocenters. The van der Waals surface area contributed by atoms with Crippen molar-refractivity contribution in [2.24, 2.45) is 7.05 Å². The fourth-order valence-corrected chi connectivity index (χ4v) is 5.18. The van der Waals surface area contributed by atoms with E-state index in [9.17, 15) is 4.79 Å². The van der Waals surface area contributed by atoms with Gasteiger partial charge in [0.05, 0.1) is 7.11 Å². The molecule has 1 heterocycles. The number of hydrogen-bond donors (Lipinski definition) is 0. The van der Waals surface area contributed by atoms with Crippen LogP contribution in [0.4, 0.5) is 0 Å². The summed E-state index contributed by atoms with van der Waals surface area (Å²) in [6, 6.07) is 14.0. The SMILES string of the molecule is COc1ccc(C(C)=O)cc1CSc1nnc(COc2ccc(C3CCCCC3)cc2)n1C. The summed E-state index contributed by atoms with van der Waals surface area (Å²) >= 11 is 1.55. The predicted molar refractivity (Wildman–Crippen MR) is 130 cm³/mol. The lowest BCUT2D eigenvalue weighted by Crippen LogP contribution is -2.06. The largest absolute Gasteiger partial charge is 0.496 e. The van der Waals surface area contributed by atoms with Gasteiger partial charge in [0, 0.05) is 23.9 Å². The molecule has 7 heteroatoms. The number of Topliss-reactive ketones (excluding diaryl/α,β-unsaturated/α-hetero) is 1. The van der Waals surface area contributed by atoms with Crippen LogP contribution >= 0.6 is 11.8 Å². The summed E-state index contributed by atoms with van der Waals surface area (Å²) < 4.78 is 13.4. The molecule has 1 aliphatic carbocycles. The number of hydrogen-bond acceptors (Lipinski definition) is 6. The Morgan fingerprint density at radius 2 is 1.85 bits per heavy atom. The highest BCUT2D eigenvalue weighted by molar-refractivity contribution is 7.98. The van der Waals surface area contributed by atoms with Crippen LogP contribution in [-0.2, 0) is 19.4 Å². The lowest BCUT2D eigenvalue weighted by Gasteiger charge is -2.22. The van der Waals surface area contributed by atoms with E-state index in [2.05, 4.69) is 34.5 Å². The van der Waals surface area contributed by atoms with Crippen molar-refractivity contribution in [3.05, 3.63) is 65.0 Å². The van der Waals surface area contributed by atoms with Gasteiger partial charge in [-0.3, -0.25) is 4.79 Å². The maximum absolute atomic E-state index is 11.7. The first kappa shape index (κ1) is 23.4. The van der Waals surface area contributed by atoms with Crippen molar-refractivity contribution >= 4 is 17.5 Å². The Labute approximate surface area is 199 Å². The molecular formula is C26H31N3O3S. The molecule has 0 radical (unpaired) electrons. The molecule has 2 aromatic carbocycles. The first-order valence-electron chi connectivity index (χ1n) is 11.5. The lowest BCUT2D eigenvalue weighted by atomic mass is 9.84. The van der Waals surface area contributed by atoms with Crippen molar-refractivity contribution < 1.29 is 14.3 Å². The van der Waals surface area contributed by atoms with E-state index in [0.29, 0.717) is 23.8 Å². The Morgan fingerprint density at radius 3 is 2.55 bits per heavy atom. The molecule has 1 aromatic heterocycles. The summed E-state index contributed by atoms with van der Waals surface area (Å²) in [5, 5.41) is 9.41. The Hall–Kier alpha value is -2.80. The monoisotopic (exact) mass is 465 g/mol. The van der Waals surface area contributed by atoms with Gasteiger partial charge < -0.3 is 14.0 Å². The molecule has 1 aliphatic rings. The fourth-order valence-electron chi connectivity index (χ4n) is 4.27. The van der Waals surface area contributed by atoms with Crippen LogP contribution in [-0.4, -0.2) is 27.7 Å². The van der Waals surface area contributed by atoms with Crippen LogP contribution < -0.4 is 9.47 Å². The molecule has 33 heavy (non-hydrogen) atoms. The summed E-state index contributed by atoms with van der Waals surface area (Å²) in [5.41, 5.74) is 3.05. The van der Waals surface area contributed by atoms with Gasteiger partial charge in [0.2, 0.25) is 0 Å². The van der Waals surface area contributed by atoms with Crippen LogP contribution in [0.1, 0.15) is 72.3 Å². The van der Waals surface area contributed by atoms with Crippen molar-refractivity contribution in [1.82, 2.24) is 14.8 Å². The fraction of sp³-hybridized carbons (Fsp3) is 0.423. The number of rotatable bonds is 9. The number of thioether (sulfide) groups is 1. The second-order valence-electron chi connectivity index (χ2n) is 8.52. The number of ketones is 1. The number of nitrogens with zero attached hydrogens (tertiary/aromatic N) is 3. The average molecular weight is 466 g/mol. The molecule has 0 aliphatic heterocycles. The zero-order valence-corrected chi connectivity index (χ0v) is 20.4. The second-order valence-corrected chi connectivity index (χ2v) is 9.46. The van der Waals surface area contributed by atoms with E-state index in [1.165, 1.54) is 37.7 Å². The number of benzene rings is 2. The Kier molecular flexibility index (Phi) is 7.70. The highest BCUT2D eigenvalue weighted by atomic mass is 32.2. The van der Waals surface area contributed by atoms with E-state index < -0.39 is 0 Å². The van der Waals surface area contributed by atoms with Gasteiger partial charge >= 0.3 is 0 Å². The molecule has 0 spiro atoms. The molecule has 1 fully saturated rings. The molecule has 174 valence electrons. The van der Waals surface area contributed by atoms with Crippen LogP contribution in [0, 0.1) is 0 Å². The number of aromatic nitrogens is 3. The molecule has 6 nitrogen and oxygen atoms in total. The Balaban J connectivity index is 1.35. The van der Waals surface area contributed by atoms with Gasteiger partial charge in [0.1, 0.15) is 18.1 Å². The van der Waals surface area contributed by atoms with E-state index in [0.717, 1.165) is 28.0 Å². The minimum Gasteiger partial charge on any atom is -0.496 e. The van der Waals surface area contributed by atoms with E-state index in [-0.39, 0.29) is 5.78 Å². The number of carbonyl (C=O) groups is 1. The summed E-state index contributed by atoms with van der Waals surface area (Å²) in [4.78, 5) is 11.7. The first-order chi connectivity index (χ1) is 16.0. The second kappa shape index (κ2) is 10.9. The molecule has 1 saturated carbocycles. The number of methoxy groups -OCH3 is 1. The van der Waals surface area contributed by atoms with Gasteiger partial charge in [-0.05, 0) is 61.6 Å². The van der Waals surface area contributed by atoms with Gasteiger partial charge in [0.25, 0.3) is 0 Å². The quantitative estimate of drug-likeness (QED) is 0.288. The summed E-state index contributed by atoms with van der Waals surface area (Å²) in [6.07, 6.45) is 6.64. The standard InChI is InChI=1S/C26H31N3O3S/c1-18(30)21-11-14-24(31-3)22(15-21)17-33-26-28-27-25(29(26)2)16-32-23-12-9-20(10-13-23)19-7-5-4-6-8-19/h9-15,19H,4-8,16-17H2,1-3H3. The molecule has 0 saturated heterocycles. The van der Waals surface area contributed by atoms with Crippen molar-refractivity contribution in [3.8, 4) is 11.5 Å². The van der Waals surface area contributed by atoms with Gasteiger partial charge in [-0.25, -0.2) is 0 Å². The molecule has 0 bridgehead atoms. The normalized spacial score (nSPS) is 14.3. The Bertz CT molecular complexity index is 1090. The molecule has 4 rings (SSSR count). The van der Waals surface area contributed by atoms with Crippen LogP contribution in [0.3, 0.4) is 0 Å². The molecule has 0 unspecified atom stereocenters. The van der Waals surface area contributed by atoms with Crippen LogP contribution in [0.2, 0.25) is 0 Å². The summed E-state index contributed by atoms with van der Waals surface area (Å²) in [6.45, 7) is 1.92. The van der Waals surface area contributed by atoms with E-state index in [1.807, 2.05) is 23.7 Å². The number of carbonyl (C=O) groups excluding carboxylic acids is 1. The minimum atomic E-state index is 0.0359. The smallest absolute Gasteiger partial charge is 0.191 e. The van der Waals surface area contributed by atoms with Crippen molar-refractivity contribution in [3.63, 3.8) is 0 Å². The third-order valence-electron chi connectivity index (χ3n) is 6.29. The van der Waals surface area contributed by atoms with Gasteiger partial charge in [0.15, 0.2) is 16.8 Å². The third-order valence-corrected chi connectivity index (χ3v) is 7.36. The predicted octanol–water partition coefficient (Wildman–Crippen LogP) is 5.95. The topological polar surface area (TPSA) is 66.2 Å². The molecular weight excluding hydrogens is 434 g/mol. The number of ether oxygens (including phenoxy) is 2. The maximum Gasteiger partial charge on any atom is 0.191 e. The maximum atomic E-state index is 11.7. The van der Waals surface area contributed by atoms with Crippen molar-refractivity contribution in [2.45, 2.75) is 62.5 Å². The Morgan fingerprint density at radius 1 is 1.09 bits per heavy atom. The van der Waals surface area contributed by atoms with Crippen LogP contribution in [0.25, 0.3) is 0 Å². The first-order valence-corrected chi connectivity index (χ1v) is 12.5. The van der Waals surface area contributed by atoms with E-state index in [4.69, 9.17) is 9.47 Å². The molecule has 0 N–H and O–H groups in total. The van der Waals surface area contributed by atoms with E-state index >= 15 is 0 Å². The van der Waals surface area contributed by atoms with Crippen molar-refractivity contribution in [1.29, 1.82) is 0 Å². The lowest BCUT2D eigenvalue weighted by molar-refractivity contribution is 0.101. The molecule has 3 aromatic rings. The zero-order valence-electron chi connectivity index (χ0n) is 19.5. The van der Waals surface area contributed by atoms with Crippen LogP contribution in [0.5, 0.6) is 11.5 Å². The third kappa shape index (κ3) is 5.77. The molecule has 0 amide bonds. The van der Waals surface area contributed by atoms with Crippen molar-refractivity contribution in [2.75, 3.05) is 7.11 Å². The highest BCUT2D eigenvalue weighted by Crippen LogP contribution is 2.33. The zero-order chi connectivity index (χ0) is 23.2. The highest BCUT2D eigenvalue weighted by Gasteiger charge is 2.16. The minimum absolute atomic E-state index is 0.0359. The van der Waals surface area contributed by atoms with Crippen LogP contribution in [0.15, 0.2) is 47.6 Å². The van der Waals surface area contributed by atoms with E-state index in [1.54, 1.807) is 31.9 Å². The summed E-state index contributed by atoms with van der Waals surface area (Å²) in [5.74, 6) is 3.72. The average Bonchev–Trinajstić information content (AvgIpc) is 3.21. The van der Waals surface area contributed by atoms with Gasteiger partial charge in [-0.15, -0.1) is 10.2 Å². The van der Waals surface area contributed by atoms with Gasteiger partial charge in [-0.2, -0.15) is 0 Å².